The summed E-state index contributed by atoms with van der Waals surface area (Å²) in [6, 6.07) is 62.3. The number of allylic oxidation sites excluding steroid dienone is 4. The van der Waals surface area contributed by atoms with Crippen molar-refractivity contribution in [2.45, 2.75) is 60.5 Å². The minimum absolute atomic E-state index is 0.0748. The number of carbonyl (C=O) groups is 1. The summed E-state index contributed by atoms with van der Waals surface area (Å²) < 4.78 is 12.6. The van der Waals surface area contributed by atoms with Gasteiger partial charge in [-0.05, 0) is 172 Å². The van der Waals surface area contributed by atoms with E-state index >= 15 is 0 Å². The molecular weight excluding hydrogens is 773 g/mol. The highest BCUT2D eigenvalue weighted by Crippen LogP contribution is 2.40. The molecule has 0 fully saturated rings. The number of anilines is 6. The average Bonchev–Trinajstić information content (AvgIpc) is 3.32. The van der Waals surface area contributed by atoms with Gasteiger partial charge < -0.3 is 19.3 Å². The maximum absolute atomic E-state index is 13.6. The molecule has 0 radical (unpaired) electrons. The van der Waals surface area contributed by atoms with Crippen LogP contribution in [-0.2, 0) is 0 Å². The molecule has 0 aromatic heterocycles. The molecule has 7 aromatic rings. The molecule has 2 atom stereocenters. The van der Waals surface area contributed by atoms with Crippen LogP contribution >= 0.6 is 0 Å². The van der Waals surface area contributed by atoms with E-state index in [-0.39, 0.29) is 23.2 Å². The van der Waals surface area contributed by atoms with Gasteiger partial charge >= 0.3 is 0 Å². The molecule has 0 bridgehead atoms. The van der Waals surface area contributed by atoms with Crippen molar-refractivity contribution in [3.8, 4) is 28.4 Å². The van der Waals surface area contributed by atoms with Gasteiger partial charge in [0.2, 0.25) is 0 Å². The lowest BCUT2D eigenvalue weighted by atomic mass is 9.77. The van der Waals surface area contributed by atoms with Gasteiger partial charge in [0.15, 0.2) is 5.78 Å². The number of hydrogen-bond donors (Lipinski definition) is 0. The summed E-state index contributed by atoms with van der Waals surface area (Å²) in [5.74, 6) is 2.65. The molecular formula is C58H56N2O3. The van der Waals surface area contributed by atoms with E-state index in [0.717, 1.165) is 63.0 Å². The monoisotopic (exact) mass is 828 g/mol. The lowest BCUT2D eigenvalue weighted by Crippen LogP contribution is -2.26. The number of rotatable bonds is 14. The highest BCUT2D eigenvalue weighted by atomic mass is 16.5. The van der Waals surface area contributed by atoms with Crippen LogP contribution in [-0.4, -0.2) is 11.4 Å². The van der Waals surface area contributed by atoms with Gasteiger partial charge in [0.05, 0.1) is 0 Å². The number of hydrogen-bond acceptors (Lipinski definition) is 5. The van der Waals surface area contributed by atoms with E-state index < -0.39 is 0 Å². The van der Waals surface area contributed by atoms with Crippen molar-refractivity contribution in [2.24, 2.45) is 11.8 Å². The Bertz CT molecular complexity index is 2660. The molecule has 316 valence electrons. The van der Waals surface area contributed by atoms with E-state index in [9.17, 15) is 4.79 Å². The molecule has 7 aromatic carbocycles. The van der Waals surface area contributed by atoms with Crippen molar-refractivity contribution < 1.29 is 14.3 Å². The Balaban J connectivity index is 1.03. The highest BCUT2D eigenvalue weighted by molar-refractivity contribution is 6.09. The Morgan fingerprint density at radius 3 is 1.32 bits per heavy atom. The number of ether oxygens (including phenoxy) is 2. The molecule has 0 aliphatic heterocycles. The quantitative estimate of drug-likeness (QED) is 0.0807. The number of carbonyl (C=O) groups excluding carboxylic acids is 1. The Morgan fingerprint density at radius 1 is 0.508 bits per heavy atom. The molecule has 63 heavy (non-hydrogen) atoms. The summed E-state index contributed by atoms with van der Waals surface area (Å²) >= 11 is 0. The van der Waals surface area contributed by atoms with Crippen LogP contribution in [0, 0.1) is 11.8 Å². The van der Waals surface area contributed by atoms with Crippen molar-refractivity contribution in [1.82, 2.24) is 0 Å². The average molecular weight is 829 g/mol. The van der Waals surface area contributed by atoms with Crippen molar-refractivity contribution in [2.75, 3.05) is 9.80 Å². The lowest BCUT2D eigenvalue weighted by Gasteiger charge is -2.28. The third-order valence-corrected chi connectivity index (χ3v) is 12.5. The van der Waals surface area contributed by atoms with Gasteiger partial charge in [0, 0.05) is 51.2 Å². The number of para-hydroxylation sites is 2. The van der Waals surface area contributed by atoms with Crippen molar-refractivity contribution in [1.29, 1.82) is 0 Å². The first-order chi connectivity index (χ1) is 30.5. The molecule has 8 rings (SSSR count). The van der Waals surface area contributed by atoms with E-state index in [1.54, 1.807) is 0 Å². The molecule has 5 heteroatoms. The summed E-state index contributed by atoms with van der Waals surface area (Å²) in [5, 5.41) is 0. The Morgan fingerprint density at radius 2 is 0.889 bits per heavy atom. The van der Waals surface area contributed by atoms with Crippen LogP contribution in [0.25, 0.3) is 11.1 Å². The fourth-order valence-corrected chi connectivity index (χ4v) is 8.09. The fourth-order valence-electron chi connectivity index (χ4n) is 8.09. The van der Waals surface area contributed by atoms with Gasteiger partial charge in [-0.1, -0.05) is 98.7 Å². The molecule has 0 saturated carbocycles. The van der Waals surface area contributed by atoms with Gasteiger partial charge in [0.25, 0.3) is 0 Å². The molecule has 1 aliphatic rings. The Kier molecular flexibility index (Phi) is 12.5. The van der Waals surface area contributed by atoms with E-state index in [1.165, 1.54) is 11.1 Å². The molecule has 5 nitrogen and oxygen atoms in total. The smallest absolute Gasteiger partial charge is 0.189 e. The minimum Gasteiger partial charge on any atom is -0.488 e. The van der Waals surface area contributed by atoms with E-state index in [0.29, 0.717) is 17.1 Å². The van der Waals surface area contributed by atoms with Crippen LogP contribution in [0.15, 0.2) is 205 Å². The second kappa shape index (κ2) is 18.5. The van der Waals surface area contributed by atoms with Gasteiger partial charge in [-0.2, -0.15) is 0 Å². The van der Waals surface area contributed by atoms with Crippen molar-refractivity contribution >= 4 is 39.9 Å². The maximum atomic E-state index is 13.6. The van der Waals surface area contributed by atoms with Gasteiger partial charge in [-0.3, -0.25) is 4.79 Å². The van der Waals surface area contributed by atoms with Crippen molar-refractivity contribution in [3.63, 3.8) is 0 Å². The van der Waals surface area contributed by atoms with Crippen LogP contribution in [0.5, 0.6) is 17.2 Å². The summed E-state index contributed by atoms with van der Waals surface area (Å²) in [4.78, 5) is 18.1. The summed E-state index contributed by atoms with van der Waals surface area (Å²) in [6.45, 7) is 14.9. The topological polar surface area (TPSA) is 42.0 Å². The second-order valence-electron chi connectivity index (χ2n) is 17.1. The predicted octanol–water partition coefficient (Wildman–Crippen LogP) is 16.4. The van der Waals surface area contributed by atoms with Crippen LogP contribution < -0.4 is 19.3 Å². The summed E-state index contributed by atoms with van der Waals surface area (Å²) in [6.07, 6.45) is 3.03. The third kappa shape index (κ3) is 9.54. The highest BCUT2D eigenvalue weighted by Gasteiger charge is 2.26. The van der Waals surface area contributed by atoms with E-state index in [1.807, 2.05) is 60.7 Å². The molecule has 0 saturated heterocycles. The second-order valence-corrected chi connectivity index (χ2v) is 17.1. The third-order valence-electron chi connectivity index (χ3n) is 12.5. The predicted molar refractivity (Wildman–Crippen MR) is 262 cm³/mol. The normalized spacial score (nSPS) is 15.1. The largest absolute Gasteiger partial charge is 0.488 e. The van der Waals surface area contributed by atoms with Crippen LogP contribution in [0.1, 0.15) is 65.2 Å². The van der Waals surface area contributed by atoms with Crippen LogP contribution in [0.4, 0.5) is 34.1 Å². The zero-order valence-corrected chi connectivity index (χ0v) is 37.4. The molecule has 1 aliphatic carbocycles. The van der Waals surface area contributed by atoms with Crippen LogP contribution in [0.2, 0.25) is 0 Å². The van der Waals surface area contributed by atoms with E-state index in [4.69, 9.17) is 9.47 Å². The lowest BCUT2D eigenvalue weighted by molar-refractivity contribution is 0.102. The first kappa shape index (κ1) is 42.6. The summed E-state index contributed by atoms with van der Waals surface area (Å²) in [7, 11) is 0. The fraction of sp³-hybridized carbons (Fsp3) is 0.190. The standard InChI is InChI=1S/C58H56N2O3/c1-8-58(6,7)63-55-37-31-52(32-38-55)60(51-29-35-54(36-30-51)62-53-33-23-46(24-34-53)57(61)56-39-40(2)41(3)42(4)43(56)5)50-27-21-45(22-28-50)44-19-25-49(26-20-44)59(47-15-11-9-12-16-47)48-17-13-10-14-18-48/h9-40,43H,8H2,1-7H3. The van der Waals surface area contributed by atoms with Crippen molar-refractivity contribution in [3.05, 3.63) is 210 Å². The number of ketones is 1. The van der Waals surface area contributed by atoms with Gasteiger partial charge in [-0.15, -0.1) is 0 Å². The number of nitrogens with zero attached hydrogens (tertiary/aromatic N) is 2. The molecule has 0 amide bonds. The zero-order valence-electron chi connectivity index (χ0n) is 37.4. The van der Waals surface area contributed by atoms with Crippen LogP contribution in [0.3, 0.4) is 0 Å². The molecule has 2 unspecified atom stereocenters. The zero-order chi connectivity index (χ0) is 44.1. The number of Topliss-reactive ketones (excluding diaryl/α,β-unsaturated/α-hetero) is 1. The summed E-state index contributed by atoms with van der Waals surface area (Å²) in [5.41, 5.74) is 12.5. The van der Waals surface area contributed by atoms with E-state index in [2.05, 4.69) is 186 Å². The SMILES string of the molecule is CCC(C)(C)Oc1ccc(N(c2ccc(Oc3ccc(C(=O)C4=CC(C)C(C)=C(C)C4C)cc3)cc2)c2ccc(-c3ccc(N(c4ccccc4)c4ccccc4)cc3)cc2)cc1. The molecule has 0 heterocycles. The molecule has 0 spiro atoms. The number of benzene rings is 7. The van der Waals surface area contributed by atoms with Gasteiger partial charge in [-0.25, -0.2) is 0 Å². The Labute approximate surface area is 373 Å². The van der Waals surface area contributed by atoms with Gasteiger partial charge in [0.1, 0.15) is 22.8 Å². The molecule has 0 N–H and O–H groups in total. The first-order valence-electron chi connectivity index (χ1n) is 22.0. The minimum atomic E-state index is -0.261. The maximum Gasteiger partial charge on any atom is 0.189 e. The first-order valence-corrected chi connectivity index (χ1v) is 22.0. The Hall–Kier alpha value is -7.11.